The highest BCUT2D eigenvalue weighted by molar-refractivity contribution is 6.07. The third-order valence-corrected chi connectivity index (χ3v) is 8.24. The summed E-state index contributed by atoms with van der Waals surface area (Å²) in [5.74, 6) is -0.122. The van der Waals surface area contributed by atoms with E-state index in [0.717, 1.165) is 33.1 Å². The smallest absolute Gasteiger partial charge is 0.312 e. The van der Waals surface area contributed by atoms with Crippen LogP contribution in [0.3, 0.4) is 0 Å². The number of hydrogen-bond donors (Lipinski definition) is 3. The average molecular weight is 393 g/mol. The molecular weight excluding hydrogens is 366 g/mol. The standard InChI is InChI=1S/C24H27NO4/c1-22-10-8-14-12-18-16(15-6-4-5-7-17(15)25-18)13-19(14)29-23(22,2)11-9-20(26)24(22,3)21(27)28/h4-7,12-13,20,25-26H,8-11H2,1-3H3,(H,27,28)/t20-,22?,23-,24-/m0/s1. The van der Waals surface area contributed by atoms with Crippen molar-refractivity contribution in [3.8, 4) is 5.75 Å². The number of aliphatic hydroxyl groups excluding tert-OH is 1. The van der Waals surface area contributed by atoms with E-state index in [1.807, 2.05) is 26.0 Å². The molecule has 2 aliphatic rings. The maximum absolute atomic E-state index is 12.3. The van der Waals surface area contributed by atoms with Crippen LogP contribution >= 0.6 is 0 Å². The van der Waals surface area contributed by atoms with Crippen molar-refractivity contribution in [2.75, 3.05) is 0 Å². The van der Waals surface area contributed by atoms with Crippen LogP contribution in [0.5, 0.6) is 5.75 Å². The number of carbonyl (C=O) groups is 1. The number of aromatic amines is 1. The maximum Gasteiger partial charge on any atom is 0.312 e. The van der Waals surface area contributed by atoms with Crippen molar-refractivity contribution < 1.29 is 19.7 Å². The lowest BCUT2D eigenvalue weighted by Crippen LogP contribution is -2.66. The van der Waals surface area contributed by atoms with Crippen LogP contribution in [0.25, 0.3) is 21.8 Å². The number of benzene rings is 2. The molecule has 1 saturated carbocycles. The number of para-hydroxylation sites is 1. The van der Waals surface area contributed by atoms with Gasteiger partial charge in [-0.2, -0.15) is 0 Å². The number of aromatic nitrogens is 1. The van der Waals surface area contributed by atoms with Gasteiger partial charge in [0.1, 0.15) is 11.4 Å². The van der Waals surface area contributed by atoms with Crippen LogP contribution in [-0.4, -0.2) is 32.9 Å². The van der Waals surface area contributed by atoms with Gasteiger partial charge in [-0.1, -0.05) is 25.1 Å². The number of carboxylic acids is 1. The minimum atomic E-state index is -1.27. The predicted octanol–water partition coefficient (Wildman–Crippen LogP) is 4.66. The number of fused-ring (bicyclic) bond motifs is 5. The number of aliphatic hydroxyl groups is 1. The Kier molecular flexibility index (Phi) is 3.67. The summed E-state index contributed by atoms with van der Waals surface area (Å²) < 4.78 is 6.68. The van der Waals surface area contributed by atoms with E-state index in [1.165, 1.54) is 0 Å². The summed E-state index contributed by atoms with van der Waals surface area (Å²) in [6.45, 7) is 5.69. The highest BCUT2D eigenvalue weighted by Gasteiger charge is 2.67. The monoisotopic (exact) mass is 393 g/mol. The third kappa shape index (κ3) is 2.22. The molecule has 152 valence electrons. The first-order valence-corrected chi connectivity index (χ1v) is 10.3. The summed E-state index contributed by atoms with van der Waals surface area (Å²) >= 11 is 0. The number of hydrogen-bond acceptors (Lipinski definition) is 3. The zero-order valence-corrected chi connectivity index (χ0v) is 17.1. The number of nitrogens with one attached hydrogen (secondary N) is 1. The molecule has 0 radical (unpaired) electrons. The van der Waals surface area contributed by atoms with Crippen molar-refractivity contribution in [1.29, 1.82) is 0 Å². The predicted molar refractivity (Wildman–Crippen MR) is 112 cm³/mol. The average Bonchev–Trinajstić information content (AvgIpc) is 3.00. The van der Waals surface area contributed by atoms with Crippen molar-refractivity contribution >= 4 is 27.8 Å². The molecule has 2 aromatic carbocycles. The van der Waals surface area contributed by atoms with Crippen LogP contribution in [0.1, 0.15) is 45.6 Å². The van der Waals surface area contributed by atoms with Crippen molar-refractivity contribution in [3.05, 3.63) is 42.0 Å². The molecule has 1 unspecified atom stereocenters. The summed E-state index contributed by atoms with van der Waals surface area (Å²) in [4.78, 5) is 15.8. The van der Waals surface area contributed by atoms with Crippen LogP contribution in [0.4, 0.5) is 0 Å². The van der Waals surface area contributed by atoms with Crippen LogP contribution in [0, 0.1) is 10.8 Å². The van der Waals surface area contributed by atoms with Gasteiger partial charge in [0.15, 0.2) is 0 Å². The Morgan fingerprint density at radius 1 is 1.10 bits per heavy atom. The molecular formula is C24H27NO4. The molecule has 29 heavy (non-hydrogen) atoms. The SMILES string of the molecule is CC12CCc3cc4[nH]c5ccccc5c4cc3O[C@@]1(C)CC[C@H](O)[C@@]2(C)C(=O)O. The van der Waals surface area contributed by atoms with E-state index in [1.54, 1.807) is 6.92 Å². The second-order valence-corrected chi connectivity index (χ2v) is 9.40. The highest BCUT2D eigenvalue weighted by atomic mass is 16.5. The number of carboxylic acid groups (broad SMARTS) is 1. The van der Waals surface area contributed by atoms with Crippen LogP contribution in [0.2, 0.25) is 0 Å². The topological polar surface area (TPSA) is 82.5 Å². The van der Waals surface area contributed by atoms with Gasteiger partial charge in [0.05, 0.1) is 11.5 Å². The third-order valence-electron chi connectivity index (χ3n) is 8.24. The van der Waals surface area contributed by atoms with E-state index in [2.05, 4.69) is 29.2 Å². The molecule has 1 aliphatic carbocycles. The summed E-state index contributed by atoms with van der Waals surface area (Å²) in [5, 5.41) is 23.1. The lowest BCUT2D eigenvalue weighted by Gasteiger charge is -2.58. The number of rotatable bonds is 1. The maximum atomic E-state index is 12.3. The van der Waals surface area contributed by atoms with Crippen molar-refractivity contribution in [2.45, 2.75) is 58.2 Å². The molecule has 5 heteroatoms. The van der Waals surface area contributed by atoms with E-state index in [9.17, 15) is 15.0 Å². The zero-order valence-electron chi connectivity index (χ0n) is 17.1. The normalized spacial score (nSPS) is 34.3. The first-order valence-electron chi connectivity index (χ1n) is 10.3. The molecule has 0 spiro atoms. The first-order chi connectivity index (χ1) is 13.7. The fourth-order valence-electron chi connectivity index (χ4n) is 5.80. The van der Waals surface area contributed by atoms with Gasteiger partial charge in [-0.3, -0.25) is 4.79 Å². The van der Waals surface area contributed by atoms with Gasteiger partial charge in [0, 0.05) is 27.2 Å². The van der Waals surface area contributed by atoms with Gasteiger partial charge in [-0.15, -0.1) is 0 Å². The Morgan fingerprint density at radius 3 is 2.62 bits per heavy atom. The van der Waals surface area contributed by atoms with Gasteiger partial charge < -0.3 is 19.9 Å². The molecule has 0 amide bonds. The van der Waals surface area contributed by atoms with Crippen LogP contribution in [0.15, 0.2) is 36.4 Å². The molecule has 3 N–H and O–H groups in total. The van der Waals surface area contributed by atoms with Gasteiger partial charge >= 0.3 is 5.97 Å². The minimum absolute atomic E-state index is 0.416. The van der Waals surface area contributed by atoms with Gasteiger partial charge in [0.2, 0.25) is 0 Å². The molecule has 0 bridgehead atoms. The number of ether oxygens (including phenoxy) is 1. The Morgan fingerprint density at radius 2 is 1.86 bits per heavy atom. The fourth-order valence-corrected chi connectivity index (χ4v) is 5.80. The summed E-state index contributed by atoms with van der Waals surface area (Å²) in [5.41, 5.74) is 0.592. The van der Waals surface area contributed by atoms with Crippen LogP contribution < -0.4 is 4.74 Å². The lowest BCUT2D eigenvalue weighted by atomic mass is 9.48. The summed E-state index contributed by atoms with van der Waals surface area (Å²) in [6.07, 6.45) is 1.50. The summed E-state index contributed by atoms with van der Waals surface area (Å²) in [7, 11) is 0. The Labute approximate surface area is 169 Å². The highest BCUT2D eigenvalue weighted by Crippen LogP contribution is 2.61. The van der Waals surface area contributed by atoms with Gasteiger partial charge in [-0.05, 0) is 63.3 Å². The molecule has 5 nitrogen and oxygen atoms in total. The largest absolute Gasteiger partial charge is 0.487 e. The summed E-state index contributed by atoms with van der Waals surface area (Å²) in [6, 6.07) is 12.5. The van der Waals surface area contributed by atoms with Crippen molar-refractivity contribution in [1.82, 2.24) is 4.98 Å². The molecule has 3 aromatic rings. The molecule has 1 aliphatic heterocycles. The second kappa shape index (κ2) is 5.76. The molecule has 1 fully saturated rings. The quantitative estimate of drug-likeness (QED) is 0.562. The minimum Gasteiger partial charge on any atom is -0.487 e. The Bertz CT molecular complexity index is 1150. The zero-order chi connectivity index (χ0) is 20.6. The van der Waals surface area contributed by atoms with E-state index < -0.39 is 28.5 Å². The van der Waals surface area contributed by atoms with Crippen LogP contribution in [-0.2, 0) is 11.2 Å². The molecule has 0 saturated heterocycles. The molecule has 5 rings (SSSR count). The van der Waals surface area contributed by atoms with Gasteiger partial charge in [-0.25, -0.2) is 0 Å². The van der Waals surface area contributed by atoms with E-state index in [4.69, 9.17) is 4.74 Å². The van der Waals surface area contributed by atoms with E-state index in [-0.39, 0.29) is 0 Å². The second-order valence-electron chi connectivity index (χ2n) is 9.40. The number of aliphatic carboxylic acids is 1. The molecule has 4 atom stereocenters. The fraction of sp³-hybridized carbons (Fsp3) is 0.458. The van der Waals surface area contributed by atoms with E-state index in [0.29, 0.717) is 25.7 Å². The first kappa shape index (κ1) is 18.5. The Hall–Kier alpha value is -2.53. The molecule has 1 aromatic heterocycles. The molecule has 2 heterocycles. The van der Waals surface area contributed by atoms with Crippen molar-refractivity contribution in [3.63, 3.8) is 0 Å². The number of aryl methyl sites for hydroxylation is 1. The lowest BCUT2D eigenvalue weighted by molar-refractivity contribution is -0.212. The number of H-pyrrole nitrogens is 1. The van der Waals surface area contributed by atoms with E-state index >= 15 is 0 Å². The Balaban J connectivity index is 1.68. The van der Waals surface area contributed by atoms with Crippen molar-refractivity contribution in [2.24, 2.45) is 10.8 Å². The van der Waals surface area contributed by atoms with Gasteiger partial charge in [0.25, 0.3) is 0 Å².